The molecule has 0 aromatic carbocycles. The molecular formula is C20H26N6O2S2. The summed E-state index contributed by atoms with van der Waals surface area (Å²) in [6.45, 7) is 4.79. The fourth-order valence-electron chi connectivity index (χ4n) is 3.82. The molecule has 3 heterocycles. The van der Waals surface area contributed by atoms with E-state index in [1.165, 1.54) is 23.1 Å². The van der Waals surface area contributed by atoms with Gasteiger partial charge in [-0.3, -0.25) is 9.36 Å². The lowest BCUT2D eigenvalue weighted by atomic mass is 10.1. The lowest BCUT2D eigenvalue weighted by Gasteiger charge is -2.27. The topological polar surface area (TPSA) is 96.1 Å². The average molecular weight is 447 g/mol. The summed E-state index contributed by atoms with van der Waals surface area (Å²) in [4.78, 5) is 16.3. The molecule has 1 fully saturated rings. The second kappa shape index (κ2) is 9.37. The molecule has 30 heavy (non-hydrogen) atoms. The summed E-state index contributed by atoms with van der Waals surface area (Å²) in [6, 6.07) is 2.32. The van der Waals surface area contributed by atoms with E-state index in [4.69, 9.17) is 4.74 Å². The maximum absolute atomic E-state index is 12.9. The van der Waals surface area contributed by atoms with E-state index in [9.17, 15) is 10.1 Å². The van der Waals surface area contributed by atoms with E-state index in [-0.39, 0.29) is 11.2 Å². The number of morpholine rings is 1. The fraction of sp³-hybridized carbons (Fsp3) is 0.600. The van der Waals surface area contributed by atoms with Crippen molar-refractivity contribution < 1.29 is 9.53 Å². The minimum absolute atomic E-state index is 0.121. The Kier molecular flexibility index (Phi) is 6.61. The van der Waals surface area contributed by atoms with Crippen LogP contribution in [0.4, 0.5) is 10.9 Å². The van der Waals surface area contributed by atoms with Crippen molar-refractivity contribution in [1.29, 1.82) is 5.26 Å². The maximum Gasteiger partial charge on any atom is 0.238 e. The van der Waals surface area contributed by atoms with Gasteiger partial charge in [-0.25, -0.2) is 0 Å². The number of nitrogens with zero attached hydrogens (tertiary/aromatic N) is 5. The van der Waals surface area contributed by atoms with Gasteiger partial charge in [0.15, 0.2) is 5.16 Å². The van der Waals surface area contributed by atoms with Crippen LogP contribution in [0.25, 0.3) is 0 Å². The zero-order valence-electron chi connectivity index (χ0n) is 17.3. The monoisotopic (exact) mass is 446 g/mol. The fourth-order valence-corrected chi connectivity index (χ4v) is 5.88. The van der Waals surface area contributed by atoms with Crippen LogP contribution in [0.5, 0.6) is 0 Å². The van der Waals surface area contributed by atoms with E-state index in [1.54, 1.807) is 11.3 Å². The number of carbonyl (C=O) groups excluding carboxylic acids is 1. The van der Waals surface area contributed by atoms with Gasteiger partial charge in [0.2, 0.25) is 11.9 Å². The number of nitriles is 1. The van der Waals surface area contributed by atoms with E-state index in [0.717, 1.165) is 50.3 Å². The Morgan fingerprint density at radius 2 is 2.03 bits per heavy atom. The number of thiophene rings is 1. The molecule has 1 unspecified atom stereocenters. The van der Waals surface area contributed by atoms with Crippen molar-refractivity contribution >= 4 is 40.0 Å². The second-order valence-electron chi connectivity index (χ2n) is 7.57. The summed E-state index contributed by atoms with van der Waals surface area (Å²) >= 11 is 2.94. The number of anilines is 2. The molecule has 10 heteroatoms. The van der Waals surface area contributed by atoms with E-state index in [0.29, 0.717) is 28.9 Å². The van der Waals surface area contributed by atoms with E-state index < -0.39 is 0 Å². The summed E-state index contributed by atoms with van der Waals surface area (Å²) < 4.78 is 7.32. The molecule has 2 aromatic rings. The molecule has 0 saturated carbocycles. The van der Waals surface area contributed by atoms with Crippen LogP contribution in [0.1, 0.15) is 42.2 Å². The first-order chi connectivity index (χ1) is 14.6. The number of hydrogen-bond donors (Lipinski definition) is 1. The van der Waals surface area contributed by atoms with E-state index in [2.05, 4.69) is 26.5 Å². The highest BCUT2D eigenvalue weighted by Crippen LogP contribution is 2.37. The number of hydrogen-bond acceptors (Lipinski definition) is 8. The molecule has 0 bridgehead atoms. The Bertz CT molecular complexity index is 957. The number of nitrogens with one attached hydrogen (secondary N) is 1. The largest absolute Gasteiger partial charge is 0.378 e. The van der Waals surface area contributed by atoms with Gasteiger partial charge in [-0.2, -0.15) is 5.26 Å². The van der Waals surface area contributed by atoms with Crippen LogP contribution >= 0.6 is 23.1 Å². The second-order valence-corrected chi connectivity index (χ2v) is 9.98. The minimum atomic E-state index is -0.362. The van der Waals surface area contributed by atoms with Crippen molar-refractivity contribution in [3.63, 3.8) is 0 Å². The molecule has 1 atom stereocenters. The van der Waals surface area contributed by atoms with E-state index in [1.807, 2.05) is 18.5 Å². The molecule has 1 N–H and O–H groups in total. The molecule has 1 saturated heterocycles. The molecular weight excluding hydrogens is 420 g/mol. The van der Waals surface area contributed by atoms with Gasteiger partial charge >= 0.3 is 0 Å². The van der Waals surface area contributed by atoms with Gasteiger partial charge in [0, 0.05) is 25.0 Å². The van der Waals surface area contributed by atoms with Crippen molar-refractivity contribution in [2.24, 2.45) is 7.05 Å². The molecule has 1 aliphatic carbocycles. The van der Waals surface area contributed by atoms with Crippen molar-refractivity contribution in [2.45, 2.75) is 49.4 Å². The third-order valence-corrected chi connectivity index (χ3v) is 7.87. The van der Waals surface area contributed by atoms with Gasteiger partial charge in [0.05, 0.1) is 24.0 Å². The summed E-state index contributed by atoms with van der Waals surface area (Å²) in [5.74, 6) is 0.672. The van der Waals surface area contributed by atoms with Crippen molar-refractivity contribution in [3.05, 3.63) is 16.0 Å². The standard InChI is InChI=1S/C20H26N6O2S2/c1-13(29-20-24-23-19(25(20)2)26-8-10-28-11-9-26)17(27)22-18-15(12-21)14-6-4-3-5-7-16(14)30-18/h13H,3-11H2,1-2H3,(H,22,27). The molecule has 2 aliphatic rings. The SMILES string of the molecule is CC(Sc1nnc(N2CCOCC2)n1C)C(=O)Nc1sc2c(c1C#N)CCCCC2. The number of thioether (sulfide) groups is 1. The van der Waals surface area contributed by atoms with Crippen molar-refractivity contribution in [2.75, 3.05) is 36.5 Å². The first-order valence-electron chi connectivity index (χ1n) is 10.3. The molecule has 0 radical (unpaired) electrons. The Morgan fingerprint density at radius 1 is 1.27 bits per heavy atom. The summed E-state index contributed by atoms with van der Waals surface area (Å²) in [6.07, 6.45) is 5.38. The first kappa shape index (κ1) is 21.2. The number of aryl methyl sites for hydroxylation is 1. The number of rotatable bonds is 5. The highest BCUT2D eigenvalue weighted by molar-refractivity contribution is 8.00. The van der Waals surface area contributed by atoms with Crippen LogP contribution in [0.3, 0.4) is 0 Å². The van der Waals surface area contributed by atoms with Crippen LogP contribution in [-0.2, 0) is 29.4 Å². The number of ether oxygens (including phenoxy) is 1. The summed E-state index contributed by atoms with van der Waals surface area (Å²) in [7, 11) is 1.92. The van der Waals surface area contributed by atoms with Crippen LogP contribution in [-0.4, -0.2) is 52.2 Å². The predicted molar refractivity (Wildman–Crippen MR) is 118 cm³/mol. The smallest absolute Gasteiger partial charge is 0.238 e. The predicted octanol–water partition coefficient (Wildman–Crippen LogP) is 2.97. The Hall–Kier alpha value is -2.09. The number of fused-ring (bicyclic) bond motifs is 1. The molecule has 8 nitrogen and oxygen atoms in total. The van der Waals surface area contributed by atoms with Gasteiger partial charge in [-0.15, -0.1) is 21.5 Å². The third kappa shape index (κ3) is 4.33. The summed E-state index contributed by atoms with van der Waals surface area (Å²) in [5.41, 5.74) is 1.79. The summed E-state index contributed by atoms with van der Waals surface area (Å²) in [5, 5.41) is 22.3. The first-order valence-corrected chi connectivity index (χ1v) is 12.0. The highest BCUT2D eigenvalue weighted by Gasteiger charge is 2.25. The Labute approximate surface area is 184 Å². The zero-order valence-corrected chi connectivity index (χ0v) is 18.9. The number of aromatic nitrogens is 3. The molecule has 1 amide bonds. The Balaban J connectivity index is 1.44. The lowest BCUT2D eigenvalue weighted by molar-refractivity contribution is -0.115. The van der Waals surface area contributed by atoms with Crippen LogP contribution < -0.4 is 10.2 Å². The zero-order chi connectivity index (χ0) is 21.1. The van der Waals surface area contributed by atoms with Crippen LogP contribution in [0.15, 0.2) is 5.16 Å². The van der Waals surface area contributed by atoms with E-state index >= 15 is 0 Å². The van der Waals surface area contributed by atoms with Crippen LogP contribution in [0, 0.1) is 11.3 Å². The van der Waals surface area contributed by atoms with Gasteiger partial charge < -0.3 is 15.0 Å². The molecule has 160 valence electrons. The quantitative estimate of drug-likeness (QED) is 0.557. The normalized spacial score (nSPS) is 17.7. The van der Waals surface area contributed by atoms with Gasteiger partial charge in [-0.1, -0.05) is 18.2 Å². The Morgan fingerprint density at radius 3 is 2.80 bits per heavy atom. The molecule has 0 spiro atoms. The van der Waals surface area contributed by atoms with Gasteiger partial charge in [0.25, 0.3) is 0 Å². The van der Waals surface area contributed by atoms with Crippen molar-refractivity contribution in [1.82, 2.24) is 14.8 Å². The molecule has 1 aliphatic heterocycles. The third-order valence-electron chi connectivity index (χ3n) is 5.53. The van der Waals surface area contributed by atoms with Gasteiger partial charge in [0.1, 0.15) is 11.1 Å². The van der Waals surface area contributed by atoms with Gasteiger partial charge in [-0.05, 0) is 38.2 Å². The maximum atomic E-state index is 12.9. The average Bonchev–Trinajstić information content (AvgIpc) is 3.18. The molecule has 4 rings (SSSR count). The number of carbonyl (C=O) groups is 1. The number of amides is 1. The molecule has 2 aromatic heterocycles. The van der Waals surface area contributed by atoms with Crippen molar-refractivity contribution in [3.8, 4) is 6.07 Å². The highest BCUT2D eigenvalue weighted by atomic mass is 32.2. The van der Waals surface area contributed by atoms with Crippen LogP contribution in [0.2, 0.25) is 0 Å². The minimum Gasteiger partial charge on any atom is -0.378 e. The lowest BCUT2D eigenvalue weighted by Crippen LogP contribution is -2.37.